The summed E-state index contributed by atoms with van der Waals surface area (Å²) in [5, 5.41) is 11.8. The Balaban J connectivity index is 1.64. The molecule has 108 valence electrons. The summed E-state index contributed by atoms with van der Waals surface area (Å²) in [5.41, 5.74) is 0. The summed E-state index contributed by atoms with van der Waals surface area (Å²) in [5.74, 6) is 0.0264. The molecule has 0 unspecified atom stereocenters. The fourth-order valence-electron chi connectivity index (χ4n) is 3.52. The van der Waals surface area contributed by atoms with E-state index in [0.717, 1.165) is 19.3 Å². The van der Waals surface area contributed by atoms with E-state index in [1.807, 2.05) is 4.90 Å². The van der Waals surface area contributed by atoms with Gasteiger partial charge in [0.15, 0.2) is 0 Å². The van der Waals surface area contributed by atoms with Crippen molar-refractivity contribution in [2.45, 2.75) is 37.9 Å². The highest BCUT2D eigenvalue weighted by Gasteiger charge is 2.49. The van der Waals surface area contributed by atoms with Crippen molar-refractivity contribution in [1.29, 1.82) is 0 Å². The van der Waals surface area contributed by atoms with E-state index >= 15 is 0 Å². The third-order valence-electron chi connectivity index (χ3n) is 4.32. The molecule has 2 heterocycles. The summed E-state index contributed by atoms with van der Waals surface area (Å²) in [6, 6.07) is 3.52. The van der Waals surface area contributed by atoms with Crippen LogP contribution in [0.3, 0.4) is 0 Å². The third-order valence-corrected chi connectivity index (χ3v) is 4.32. The van der Waals surface area contributed by atoms with Gasteiger partial charge in [-0.2, -0.15) is 0 Å². The number of carboxylic acids is 1. The van der Waals surface area contributed by atoms with Crippen LogP contribution in [0.15, 0.2) is 22.8 Å². The molecule has 0 aromatic carbocycles. The first-order valence-corrected chi connectivity index (χ1v) is 6.93. The van der Waals surface area contributed by atoms with Crippen LogP contribution in [-0.4, -0.2) is 40.5 Å². The average Bonchev–Trinajstić information content (AvgIpc) is 3.12. The number of hydrogen-bond donors (Lipinski definition) is 2. The van der Waals surface area contributed by atoms with Crippen molar-refractivity contribution in [3.05, 3.63) is 24.2 Å². The minimum absolute atomic E-state index is 0.0556. The van der Waals surface area contributed by atoms with Crippen LogP contribution in [-0.2, 0) is 16.1 Å². The number of carbonyl (C=O) groups excluding carboxylic acids is 1. The van der Waals surface area contributed by atoms with Crippen molar-refractivity contribution in [3.8, 4) is 0 Å². The van der Waals surface area contributed by atoms with Gasteiger partial charge in [0.1, 0.15) is 5.76 Å². The van der Waals surface area contributed by atoms with Crippen LogP contribution in [0.2, 0.25) is 0 Å². The van der Waals surface area contributed by atoms with E-state index in [0.29, 0.717) is 12.3 Å². The molecule has 1 aliphatic carbocycles. The number of rotatable bonds is 5. The first-order chi connectivity index (χ1) is 9.65. The summed E-state index contributed by atoms with van der Waals surface area (Å²) in [6.07, 6.45) is 4.52. The SMILES string of the molecule is O=C(O)CN1[C@H]2CC[C@@H](C2)[C@H]1C(=O)NCc1ccco1. The second kappa shape index (κ2) is 5.28. The van der Waals surface area contributed by atoms with Crippen LogP contribution in [0, 0.1) is 5.92 Å². The second-order valence-corrected chi connectivity index (χ2v) is 5.54. The molecule has 1 saturated carbocycles. The number of furan rings is 1. The quantitative estimate of drug-likeness (QED) is 0.833. The van der Waals surface area contributed by atoms with Gasteiger partial charge in [0.2, 0.25) is 5.91 Å². The predicted octanol–water partition coefficient (Wildman–Crippen LogP) is 0.833. The average molecular weight is 278 g/mol. The molecule has 2 bridgehead atoms. The molecule has 20 heavy (non-hydrogen) atoms. The Morgan fingerprint density at radius 1 is 1.45 bits per heavy atom. The Morgan fingerprint density at radius 3 is 3.00 bits per heavy atom. The third kappa shape index (κ3) is 2.43. The maximum absolute atomic E-state index is 12.3. The Morgan fingerprint density at radius 2 is 2.30 bits per heavy atom. The minimum Gasteiger partial charge on any atom is -0.480 e. The smallest absolute Gasteiger partial charge is 0.317 e. The molecule has 6 nitrogen and oxygen atoms in total. The molecule has 2 N–H and O–H groups in total. The lowest BCUT2D eigenvalue weighted by Gasteiger charge is -2.32. The van der Waals surface area contributed by atoms with Crippen molar-refractivity contribution in [1.82, 2.24) is 10.2 Å². The number of hydrogen-bond acceptors (Lipinski definition) is 4. The maximum atomic E-state index is 12.3. The van der Waals surface area contributed by atoms with Gasteiger partial charge in [-0.3, -0.25) is 14.5 Å². The van der Waals surface area contributed by atoms with E-state index < -0.39 is 5.97 Å². The topological polar surface area (TPSA) is 82.8 Å². The Bertz CT molecular complexity index is 499. The lowest BCUT2D eigenvalue weighted by molar-refractivity contribution is -0.141. The highest BCUT2D eigenvalue weighted by atomic mass is 16.4. The zero-order valence-corrected chi connectivity index (χ0v) is 11.1. The van der Waals surface area contributed by atoms with Crippen molar-refractivity contribution < 1.29 is 19.1 Å². The molecule has 0 spiro atoms. The number of likely N-dealkylation sites (tertiary alicyclic amines) is 1. The largest absolute Gasteiger partial charge is 0.480 e. The summed E-state index contributed by atoms with van der Waals surface area (Å²) in [4.78, 5) is 25.1. The fraction of sp³-hybridized carbons (Fsp3) is 0.571. The number of nitrogens with one attached hydrogen (secondary N) is 1. The maximum Gasteiger partial charge on any atom is 0.317 e. The molecule has 1 aliphatic heterocycles. The van der Waals surface area contributed by atoms with E-state index in [1.165, 1.54) is 0 Å². The molecule has 1 aromatic heterocycles. The molecule has 3 atom stereocenters. The fourth-order valence-corrected chi connectivity index (χ4v) is 3.52. The molecule has 1 aromatic rings. The zero-order chi connectivity index (χ0) is 14.1. The lowest BCUT2D eigenvalue weighted by atomic mass is 9.98. The molecule has 2 fully saturated rings. The Labute approximate surface area is 116 Å². The molecular formula is C14H18N2O4. The predicted molar refractivity (Wildman–Crippen MR) is 69.8 cm³/mol. The van der Waals surface area contributed by atoms with Crippen molar-refractivity contribution >= 4 is 11.9 Å². The molecule has 6 heteroatoms. The van der Waals surface area contributed by atoms with Gasteiger partial charge in [0.25, 0.3) is 0 Å². The van der Waals surface area contributed by atoms with Gasteiger partial charge in [-0.05, 0) is 37.3 Å². The summed E-state index contributed by atoms with van der Waals surface area (Å²) in [7, 11) is 0. The van der Waals surface area contributed by atoms with Crippen molar-refractivity contribution in [2.75, 3.05) is 6.54 Å². The lowest BCUT2D eigenvalue weighted by Crippen LogP contribution is -2.51. The van der Waals surface area contributed by atoms with Crippen LogP contribution in [0.1, 0.15) is 25.0 Å². The minimum atomic E-state index is -0.874. The van der Waals surface area contributed by atoms with E-state index in [2.05, 4.69) is 5.32 Å². The summed E-state index contributed by atoms with van der Waals surface area (Å²) >= 11 is 0. The van der Waals surface area contributed by atoms with Crippen LogP contribution >= 0.6 is 0 Å². The van der Waals surface area contributed by atoms with Crippen LogP contribution in [0.5, 0.6) is 0 Å². The van der Waals surface area contributed by atoms with Crippen LogP contribution in [0.25, 0.3) is 0 Å². The van der Waals surface area contributed by atoms with Gasteiger partial charge in [-0.15, -0.1) is 0 Å². The van der Waals surface area contributed by atoms with Crippen molar-refractivity contribution in [2.24, 2.45) is 5.92 Å². The first-order valence-electron chi connectivity index (χ1n) is 6.93. The molecule has 1 saturated heterocycles. The molecular weight excluding hydrogens is 260 g/mol. The Kier molecular flexibility index (Phi) is 3.48. The molecule has 1 amide bonds. The number of amides is 1. The second-order valence-electron chi connectivity index (χ2n) is 5.54. The number of fused-ring (bicyclic) bond motifs is 2. The van der Waals surface area contributed by atoms with Gasteiger partial charge < -0.3 is 14.8 Å². The highest BCUT2D eigenvalue weighted by Crippen LogP contribution is 2.42. The highest BCUT2D eigenvalue weighted by molar-refractivity contribution is 5.83. The number of carbonyl (C=O) groups is 2. The van der Waals surface area contributed by atoms with E-state index in [9.17, 15) is 9.59 Å². The molecule has 0 radical (unpaired) electrons. The van der Waals surface area contributed by atoms with Gasteiger partial charge in [-0.1, -0.05) is 0 Å². The normalized spacial score (nSPS) is 28.7. The van der Waals surface area contributed by atoms with Gasteiger partial charge in [-0.25, -0.2) is 0 Å². The van der Waals surface area contributed by atoms with Gasteiger partial charge >= 0.3 is 5.97 Å². The number of carboxylic acid groups (broad SMARTS) is 1. The summed E-state index contributed by atoms with van der Waals surface area (Å²) in [6.45, 7) is 0.292. The monoisotopic (exact) mass is 278 g/mol. The zero-order valence-electron chi connectivity index (χ0n) is 11.1. The Hall–Kier alpha value is -1.82. The number of aliphatic carboxylic acids is 1. The summed E-state index contributed by atoms with van der Waals surface area (Å²) < 4.78 is 5.18. The van der Waals surface area contributed by atoms with E-state index in [4.69, 9.17) is 9.52 Å². The van der Waals surface area contributed by atoms with E-state index in [1.54, 1.807) is 18.4 Å². The molecule has 3 rings (SSSR count). The number of piperidine rings is 1. The van der Waals surface area contributed by atoms with Gasteiger partial charge in [0.05, 0.1) is 25.4 Å². The number of nitrogens with zero attached hydrogens (tertiary/aromatic N) is 1. The standard InChI is InChI=1S/C14H18N2O4/c17-12(18)8-16-10-4-3-9(6-10)13(16)14(19)15-7-11-2-1-5-20-11/h1-2,5,9-10,13H,3-4,6-8H2,(H,15,19)(H,17,18)/t9-,10-,13-/m0/s1. The first kappa shape index (κ1) is 13.2. The van der Waals surface area contributed by atoms with E-state index in [-0.39, 0.29) is 30.5 Å². The van der Waals surface area contributed by atoms with Crippen LogP contribution in [0.4, 0.5) is 0 Å². The van der Waals surface area contributed by atoms with Crippen LogP contribution < -0.4 is 5.32 Å². The van der Waals surface area contributed by atoms with Crippen molar-refractivity contribution in [3.63, 3.8) is 0 Å². The van der Waals surface area contributed by atoms with Gasteiger partial charge in [0, 0.05) is 6.04 Å². The molecule has 2 aliphatic rings.